The third-order valence-electron chi connectivity index (χ3n) is 4.50. The van der Waals surface area contributed by atoms with Crippen LogP contribution in [0.4, 0.5) is 5.69 Å². The van der Waals surface area contributed by atoms with Gasteiger partial charge in [-0.3, -0.25) is 4.79 Å². The lowest BCUT2D eigenvalue weighted by Gasteiger charge is -2.13. The van der Waals surface area contributed by atoms with Gasteiger partial charge in [0.05, 0.1) is 10.5 Å². The zero-order chi connectivity index (χ0) is 21.1. The van der Waals surface area contributed by atoms with Gasteiger partial charge in [-0.1, -0.05) is 25.1 Å². The molecule has 0 spiro atoms. The minimum atomic E-state index is -3.98. The number of carbonyl (C=O) groups excluding carboxylic acids is 2. The molecule has 0 atom stereocenters. The van der Waals surface area contributed by atoms with Gasteiger partial charge in [-0.15, -0.1) is 0 Å². The zero-order valence-electron chi connectivity index (χ0n) is 16.3. The summed E-state index contributed by atoms with van der Waals surface area (Å²) in [6.45, 7) is 6.63. The van der Waals surface area contributed by atoms with E-state index in [9.17, 15) is 18.0 Å². The van der Waals surface area contributed by atoms with Gasteiger partial charge in [0, 0.05) is 5.69 Å². The van der Waals surface area contributed by atoms with E-state index in [0.29, 0.717) is 16.8 Å². The van der Waals surface area contributed by atoms with E-state index in [1.165, 1.54) is 6.07 Å². The first-order valence-corrected chi connectivity index (χ1v) is 10.3. The molecule has 0 aliphatic heterocycles. The number of rotatable bonds is 6. The van der Waals surface area contributed by atoms with Crippen LogP contribution in [0.2, 0.25) is 0 Å². The van der Waals surface area contributed by atoms with E-state index in [1.54, 1.807) is 13.8 Å². The van der Waals surface area contributed by atoms with Crippen LogP contribution in [0.1, 0.15) is 39.5 Å². The van der Waals surface area contributed by atoms with Gasteiger partial charge < -0.3 is 10.1 Å². The number of hydrogen-bond donors (Lipinski definition) is 2. The van der Waals surface area contributed by atoms with Crippen molar-refractivity contribution in [2.75, 3.05) is 11.9 Å². The maximum atomic E-state index is 12.3. The summed E-state index contributed by atoms with van der Waals surface area (Å²) >= 11 is 0. The Balaban J connectivity index is 2.13. The number of carbonyl (C=O) groups is 2. The predicted octanol–water partition coefficient (Wildman–Crippen LogP) is 2.62. The molecule has 0 bridgehead atoms. The highest BCUT2D eigenvalue weighted by Crippen LogP contribution is 2.22. The van der Waals surface area contributed by atoms with Crippen LogP contribution in [-0.4, -0.2) is 26.9 Å². The molecule has 0 aliphatic carbocycles. The summed E-state index contributed by atoms with van der Waals surface area (Å²) < 4.78 is 28.5. The van der Waals surface area contributed by atoms with Gasteiger partial charge in [-0.25, -0.2) is 18.4 Å². The van der Waals surface area contributed by atoms with E-state index in [1.807, 2.05) is 32.0 Å². The normalized spacial score (nSPS) is 11.2. The lowest BCUT2D eigenvalue weighted by molar-refractivity contribution is -0.119. The minimum Gasteiger partial charge on any atom is -0.452 e. The second-order valence-corrected chi connectivity index (χ2v) is 8.08. The molecule has 150 valence electrons. The Morgan fingerprint density at radius 2 is 1.79 bits per heavy atom. The molecule has 0 saturated heterocycles. The van der Waals surface area contributed by atoms with Gasteiger partial charge in [-0.2, -0.15) is 0 Å². The summed E-state index contributed by atoms with van der Waals surface area (Å²) in [5, 5.41) is 7.96. The summed E-state index contributed by atoms with van der Waals surface area (Å²) in [4.78, 5) is 24.4. The fourth-order valence-electron chi connectivity index (χ4n) is 2.83. The minimum absolute atomic E-state index is 0.0186. The van der Waals surface area contributed by atoms with Gasteiger partial charge >= 0.3 is 5.97 Å². The lowest BCUT2D eigenvalue weighted by Crippen LogP contribution is -2.22. The number of ether oxygens (including phenoxy) is 1. The van der Waals surface area contributed by atoms with E-state index in [2.05, 4.69) is 5.32 Å². The molecule has 0 heterocycles. The van der Waals surface area contributed by atoms with Crippen molar-refractivity contribution in [2.24, 2.45) is 5.14 Å². The number of nitrogens with one attached hydrogen (secondary N) is 1. The number of sulfonamides is 1. The number of amides is 1. The topological polar surface area (TPSA) is 116 Å². The average molecular weight is 404 g/mol. The molecule has 2 aromatic rings. The number of nitrogens with two attached hydrogens (primary N) is 1. The third-order valence-corrected chi connectivity index (χ3v) is 5.54. The first kappa shape index (κ1) is 21.6. The highest BCUT2D eigenvalue weighted by atomic mass is 32.2. The van der Waals surface area contributed by atoms with Crippen molar-refractivity contribution in [2.45, 2.75) is 39.0 Å². The van der Waals surface area contributed by atoms with Crippen LogP contribution >= 0.6 is 0 Å². The summed E-state index contributed by atoms with van der Waals surface area (Å²) in [5.41, 5.74) is 3.65. The van der Waals surface area contributed by atoms with Crippen molar-refractivity contribution >= 4 is 27.6 Å². The smallest absolute Gasteiger partial charge is 0.338 e. The molecule has 28 heavy (non-hydrogen) atoms. The van der Waals surface area contributed by atoms with Crippen molar-refractivity contribution in [3.05, 3.63) is 58.1 Å². The van der Waals surface area contributed by atoms with Crippen LogP contribution in [-0.2, 0) is 26.0 Å². The molecule has 0 unspecified atom stereocenters. The molecule has 0 radical (unpaired) electrons. The predicted molar refractivity (Wildman–Crippen MR) is 107 cm³/mol. The molecule has 3 N–H and O–H groups in total. The zero-order valence-corrected chi connectivity index (χ0v) is 17.1. The van der Waals surface area contributed by atoms with Gasteiger partial charge in [-0.05, 0) is 61.6 Å². The number of aryl methyl sites for hydroxylation is 3. The van der Waals surface area contributed by atoms with E-state index < -0.39 is 28.5 Å². The van der Waals surface area contributed by atoms with Crippen LogP contribution in [0.25, 0.3) is 0 Å². The van der Waals surface area contributed by atoms with Gasteiger partial charge in [0.25, 0.3) is 5.91 Å². The molecule has 0 fully saturated rings. The standard InChI is InChI=1S/C20H24N2O5S/c1-5-15-8-6-7-12(2)19(15)22-18(23)11-27-20(24)16-9-13(3)14(4)17(10-16)28(21,25)26/h6-10H,5,11H2,1-4H3,(H,22,23)(H2,21,25,26). The fraction of sp³-hybridized carbons (Fsp3) is 0.300. The number of esters is 1. The van der Waals surface area contributed by atoms with Crippen LogP contribution < -0.4 is 10.5 Å². The van der Waals surface area contributed by atoms with Crippen molar-refractivity contribution in [3.8, 4) is 0 Å². The number of para-hydroxylation sites is 1. The second kappa shape index (κ2) is 8.53. The largest absolute Gasteiger partial charge is 0.452 e. The maximum Gasteiger partial charge on any atom is 0.338 e. The lowest BCUT2D eigenvalue weighted by atomic mass is 10.1. The molecule has 0 aromatic heterocycles. The van der Waals surface area contributed by atoms with E-state index >= 15 is 0 Å². The second-order valence-electron chi connectivity index (χ2n) is 6.55. The van der Waals surface area contributed by atoms with Crippen LogP contribution in [0.3, 0.4) is 0 Å². The van der Waals surface area contributed by atoms with Crippen molar-refractivity contribution < 1.29 is 22.7 Å². The van der Waals surface area contributed by atoms with Crippen LogP contribution in [0.5, 0.6) is 0 Å². The van der Waals surface area contributed by atoms with E-state index in [4.69, 9.17) is 9.88 Å². The number of primary sulfonamides is 1. The Morgan fingerprint density at radius 3 is 2.39 bits per heavy atom. The number of hydrogen-bond acceptors (Lipinski definition) is 5. The highest BCUT2D eigenvalue weighted by Gasteiger charge is 2.19. The molecule has 8 heteroatoms. The Morgan fingerprint density at radius 1 is 1.11 bits per heavy atom. The van der Waals surface area contributed by atoms with Crippen LogP contribution in [0, 0.1) is 20.8 Å². The Bertz CT molecular complexity index is 1030. The summed E-state index contributed by atoms with van der Waals surface area (Å²) in [5.74, 6) is -1.28. The Hall–Kier alpha value is -2.71. The maximum absolute atomic E-state index is 12.3. The SMILES string of the molecule is CCc1cccc(C)c1NC(=O)COC(=O)c1cc(C)c(C)c(S(N)(=O)=O)c1. The first-order valence-electron chi connectivity index (χ1n) is 8.74. The molecule has 2 rings (SSSR count). The molecule has 7 nitrogen and oxygen atoms in total. The molecule has 0 aliphatic rings. The molecule has 2 aromatic carbocycles. The summed E-state index contributed by atoms with van der Waals surface area (Å²) in [6.07, 6.45) is 0.746. The van der Waals surface area contributed by atoms with Crippen molar-refractivity contribution in [3.63, 3.8) is 0 Å². The van der Waals surface area contributed by atoms with E-state index in [0.717, 1.165) is 23.6 Å². The van der Waals surface area contributed by atoms with Crippen molar-refractivity contribution in [1.29, 1.82) is 0 Å². The summed E-state index contributed by atoms with van der Waals surface area (Å²) in [7, 11) is -3.98. The molecular weight excluding hydrogens is 380 g/mol. The Kier molecular flexibility index (Phi) is 6.58. The summed E-state index contributed by atoms with van der Waals surface area (Å²) in [6, 6.07) is 8.37. The molecule has 0 saturated carbocycles. The van der Waals surface area contributed by atoms with Crippen molar-refractivity contribution in [1.82, 2.24) is 0 Å². The fourth-order valence-corrected chi connectivity index (χ4v) is 3.71. The van der Waals surface area contributed by atoms with Gasteiger partial charge in [0.1, 0.15) is 0 Å². The third kappa shape index (κ3) is 4.96. The van der Waals surface area contributed by atoms with Gasteiger partial charge in [0.15, 0.2) is 6.61 Å². The highest BCUT2D eigenvalue weighted by molar-refractivity contribution is 7.89. The first-order chi connectivity index (χ1) is 13.0. The quantitative estimate of drug-likeness (QED) is 0.718. The Labute approximate surface area is 164 Å². The van der Waals surface area contributed by atoms with Crippen LogP contribution in [0.15, 0.2) is 35.2 Å². The number of benzene rings is 2. The molecule has 1 amide bonds. The average Bonchev–Trinajstić information content (AvgIpc) is 2.62. The van der Waals surface area contributed by atoms with E-state index in [-0.39, 0.29) is 10.5 Å². The number of anilines is 1. The van der Waals surface area contributed by atoms with Gasteiger partial charge in [0.2, 0.25) is 10.0 Å². The molecular formula is C20H24N2O5S. The monoisotopic (exact) mass is 404 g/mol.